The Hall–Kier alpha value is -2.05. The third-order valence-corrected chi connectivity index (χ3v) is 3.15. The zero-order chi connectivity index (χ0) is 15.9. The third-order valence-electron chi connectivity index (χ3n) is 3.15. The van der Waals surface area contributed by atoms with E-state index in [1.165, 1.54) is 6.07 Å². The highest BCUT2D eigenvalue weighted by Gasteiger charge is 2.12. The number of ether oxygens (including phenoxy) is 1. The summed E-state index contributed by atoms with van der Waals surface area (Å²) in [6.07, 6.45) is 0. The van der Waals surface area contributed by atoms with Gasteiger partial charge in [0, 0.05) is 6.54 Å². The van der Waals surface area contributed by atoms with E-state index in [9.17, 15) is 18.3 Å². The first-order chi connectivity index (χ1) is 10.6. The molecular formula is C16H16F3NO2. The van der Waals surface area contributed by atoms with Gasteiger partial charge in [-0.15, -0.1) is 0 Å². The SMILES string of the molecule is OCC(NCc1ccc(OC(F)F)c(F)c1)c1ccccc1. The second-order valence-corrected chi connectivity index (χ2v) is 4.67. The topological polar surface area (TPSA) is 41.5 Å². The Morgan fingerprint density at radius 3 is 2.41 bits per heavy atom. The zero-order valence-corrected chi connectivity index (χ0v) is 11.7. The molecule has 118 valence electrons. The summed E-state index contributed by atoms with van der Waals surface area (Å²) in [7, 11) is 0. The van der Waals surface area contributed by atoms with E-state index in [1.807, 2.05) is 30.3 Å². The van der Waals surface area contributed by atoms with E-state index in [2.05, 4.69) is 10.1 Å². The molecule has 6 heteroatoms. The number of aliphatic hydroxyl groups is 1. The highest BCUT2D eigenvalue weighted by Crippen LogP contribution is 2.21. The van der Waals surface area contributed by atoms with Crippen molar-refractivity contribution in [2.75, 3.05) is 6.61 Å². The van der Waals surface area contributed by atoms with Crippen molar-refractivity contribution < 1.29 is 23.0 Å². The van der Waals surface area contributed by atoms with Gasteiger partial charge in [0.25, 0.3) is 0 Å². The smallest absolute Gasteiger partial charge is 0.387 e. The van der Waals surface area contributed by atoms with Gasteiger partial charge in [-0.05, 0) is 23.3 Å². The minimum Gasteiger partial charge on any atom is -0.432 e. The first-order valence-corrected chi connectivity index (χ1v) is 6.72. The highest BCUT2D eigenvalue weighted by molar-refractivity contribution is 5.29. The van der Waals surface area contributed by atoms with Gasteiger partial charge in [0.15, 0.2) is 11.6 Å². The molecule has 0 spiro atoms. The van der Waals surface area contributed by atoms with Crippen molar-refractivity contribution in [3.05, 3.63) is 65.5 Å². The second-order valence-electron chi connectivity index (χ2n) is 4.67. The fraction of sp³-hybridized carbons (Fsp3) is 0.250. The third kappa shape index (κ3) is 4.47. The number of hydrogen-bond acceptors (Lipinski definition) is 3. The van der Waals surface area contributed by atoms with Crippen LogP contribution in [0.1, 0.15) is 17.2 Å². The van der Waals surface area contributed by atoms with E-state index in [0.717, 1.165) is 17.7 Å². The molecule has 0 saturated heterocycles. The van der Waals surface area contributed by atoms with Crippen molar-refractivity contribution in [3.8, 4) is 5.75 Å². The van der Waals surface area contributed by atoms with E-state index in [4.69, 9.17) is 0 Å². The first-order valence-electron chi connectivity index (χ1n) is 6.72. The Balaban J connectivity index is 2.00. The van der Waals surface area contributed by atoms with Gasteiger partial charge in [-0.25, -0.2) is 4.39 Å². The fourth-order valence-corrected chi connectivity index (χ4v) is 2.06. The Labute approximate surface area is 126 Å². The zero-order valence-electron chi connectivity index (χ0n) is 11.7. The maximum Gasteiger partial charge on any atom is 0.387 e. The van der Waals surface area contributed by atoms with Crippen LogP contribution in [0.2, 0.25) is 0 Å². The van der Waals surface area contributed by atoms with Crippen molar-refractivity contribution in [1.29, 1.82) is 0 Å². The van der Waals surface area contributed by atoms with Crippen LogP contribution >= 0.6 is 0 Å². The normalized spacial score (nSPS) is 12.4. The minimum absolute atomic E-state index is 0.112. The lowest BCUT2D eigenvalue weighted by molar-refractivity contribution is -0.0522. The van der Waals surface area contributed by atoms with E-state index < -0.39 is 18.2 Å². The molecule has 0 fully saturated rings. The lowest BCUT2D eigenvalue weighted by atomic mass is 10.1. The van der Waals surface area contributed by atoms with E-state index in [-0.39, 0.29) is 19.2 Å². The predicted molar refractivity (Wildman–Crippen MR) is 76.1 cm³/mol. The standard InChI is InChI=1S/C16H16F3NO2/c17-13-8-11(6-7-15(13)22-16(18)19)9-20-14(10-21)12-4-2-1-3-5-12/h1-8,14,16,20-21H,9-10H2. The Bertz CT molecular complexity index is 593. The van der Waals surface area contributed by atoms with Gasteiger partial charge in [-0.2, -0.15) is 8.78 Å². The molecule has 1 unspecified atom stereocenters. The Morgan fingerprint density at radius 1 is 1.09 bits per heavy atom. The van der Waals surface area contributed by atoms with Crippen LogP contribution in [0, 0.1) is 5.82 Å². The Morgan fingerprint density at radius 2 is 1.82 bits per heavy atom. The number of benzene rings is 2. The van der Waals surface area contributed by atoms with Gasteiger partial charge < -0.3 is 15.2 Å². The molecule has 0 amide bonds. The van der Waals surface area contributed by atoms with Crippen molar-refractivity contribution >= 4 is 0 Å². The first kappa shape index (κ1) is 16.3. The van der Waals surface area contributed by atoms with Crippen LogP contribution in [-0.4, -0.2) is 18.3 Å². The molecule has 2 N–H and O–H groups in total. The van der Waals surface area contributed by atoms with Crippen LogP contribution in [0.3, 0.4) is 0 Å². The van der Waals surface area contributed by atoms with Crippen LogP contribution in [0.5, 0.6) is 5.75 Å². The molecule has 2 rings (SSSR count). The monoisotopic (exact) mass is 311 g/mol. The largest absolute Gasteiger partial charge is 0.432 e. The molecular weight excluding hydrogens is 295 g/mol. The minimum atomic E-state index is -3.06. The number of halogens is 3. The van der Waals surface area contributed by atoms with E-state index in [0.29, 0.717) is 5.56 Å². The van der Waals surface area contributed by atoms with Crippen molar-refractivity contribution in [2.24, 2.45) is 0 Å². The molecule has 0 aliphatic heterocycles. The lowest BCUT2D eigenvalue weighted by Crippen LogP contribution is -2.24. The number of nitrogens with one attached hydrogen (secondary N) is 1. The summed E-state index contributed by atoms with van der Waals surface area (Å²) < 4.78 is 41.8. The molecule has 0 aromatic heterocycles. The fourth-order valence-electron chi connectivity index (χ4n) is 2.06. The summed E-state index contributed by atoms with van der Waals surface area (Å²) in [6, 6.07) is 12.8. The second kappa shape index (κ2) is 7.82. The highest BCUT2D eigenvalue weighted by atomic mass is 19.3. The molecule has 22 heavy (non-hydrogen) atoms. The lowest BCUT2D eigenvalue weighted by Gasteiger charge is -2.17. The van der Waals surface area contributed by atoms with Gasteiger partial charge >= 0.3 is 6.61 Å². The summed E-state index contributed by atoms with van der Waals surface area (Å²) in [5.74, 6) is -1.33. The summed E-state index contributed by atoms with van der Waals surface area (Å²) in [4.78, 5) is 0. The molecule has 0 aliphatic rings. The van der Waals surface area contributed by atoms with Gasteiger partial charge in [0.1, 0.15) is 0 Å². The number of hydrogen-bond donors (Lipinski definition) is 2. The molecule has 1 atom stereocenters. The van der Waals surface area contributed by atoms with Gasteiger partial charge in [-0.1, -0.05) is 36.4 Å². The summed E-state index contributed by atoms with van der Waals surface area (Å²) in [5, 5.41) is 12.5. The van der Waals surface area contributed by atoms with Gasteiger partial charge in [0.05, 0.1) is 12.6 Å². The van der Waals surface area contributed by atoms with Gasteiger partial charge in [-0.3, -0.25) is 0 Å². The van der Waals surface area contributed by atoms with Crippen LogP contribution < -0.4 is 10.1 Å². The quantitative estimate of drug-likeness (QED) is 0.825. The van der Waals surface area contributed by atoms with Crippen LogP contribution in [0.25, 0.3) is 0 Å². The predicted octanol–water partition coefficient (Wildman–Crippen LogP) is 3.25. The van der Waals surface area contributed by atoms with Crippen LogP contribution in [0.15, 0.2) is 48.5 Å². The number of rotatable bonds is 7. The van der Waals surface area contributed by atoms with E-state index in [1.54, 1.807) is 0 Å². The van der Waals surface area contributed by atoms with Crippen molar-refractivity contribution in [1.82, 2.24) is 5.32 Å². The maximum atomic E-state index is 13.6. The van der Waals surface area contributed by atoms with Gasteiger partial charge in [0.2, 0.25) is 0 Å². The molecule has 3 nitrogen and oxygen atoms in total. The maximum absolute atomic E-state index is 13.6. The van der Waals surface area contributed by atoms with Crippen LogP contribution in [0.4, 0.5) is 13.2 Å². The molecule has 0 radical (unpaired) electrons. The summed E-state index contributed by atoms with van der Waals surface area (Å²) >= 11 is 0. The molecule has 2 aromatic carbocycles. The molecule has 0 bridgehead atoms. The summed E-state index contributed by atoms with van der Waals surface area (Å²) in [5.41, 5.74) is 1.47. The molecule has 0 saturated carbocycles. The molecule has 0 heterocycles. The number of aliphatic hydroxyl groups excluding tert-OH is 1. The number of alkyl halides is 2. The Kier molecular flexibility index (Phi) is 5.80. The summed E-state index contributed by atoms with van der Waals surface area (Å²) in [6.45, 7) is -2.89. The van der Waals surface area contributed by atoms with E-state index >= 15 is 0 Å². The van der Waals surface area contributed by atoms with Crippen molar-refractivity contribution in [3.63, 3.8) is 0 Å². The average molecular weight is 311 g/mol. The molecule has 0 aliphatic carbocycles. The van der Waals surface area contributed by atoms with Crippen molar-refractivity contribution in [2.45, 2.75) is 19.2 Å². The average Bonchev–Trinajstić information content (AvgIpc) is 2.51. The molecule has 2 aromatic rings. The van der Waals surface area contributed by atoms with Crippen LogP contribution in [-0.2, 0) is 6.54 Å².